The molecule has 0 atom stereocenters. The Morgan fingerprint density at radius 2 is 1.59 bits per heavy atom. The molecule has 180 valence electrons. The zero-order valence-corrected chi connectivity index (χ0v) is 19.6. The highest BCUT2D eigenvalue weighted by Crippen LogP contribution is 2.61. The maximum Gasteiger partial charge on any atom is 0.242 e. The monoisotopic (exact) mass is 464 g/mol. The first-order valence-electron chi connectivity index (χ1n) is 12.8. The Hall–Kier alpha value is -2.63. The zero-order valence-electron chi connectivity index (χ0n) is 19.6. The van der Waals surface area contributed by atoms with E-state index in [2.05, 4.69) is 0 Å². The minimum atomic E-state index is -0.297. The number of amides is 2. The van der Waals surface area contributed by atoms with Crippen LogP contribution in [-0.2, 0) is 22.7 Å². The first-order valence-corrected chi connectivity index (χ1v) is 12.8. The van der Waals surface area contributed by atoms with E-state index in [1.807, 2.05) is 17.0 Å². The molecular formula is C28H33FN2O3. The van der Waals surface area contributed by atoms with Gasteiger partial charge in [-0.3, -0.25) is 9.59 Å². The lowest BCUT2D eigenvalue weighted by Gasteiger charge is -2.56. The fraction of sp³-hybridized carbons (Fsp3) is 0.571. The Labute approximate surface area is 200 Å². The molecule has 2 amide bonds. The van der Waals surface area contributed by atoms with Crippen LogP contribution in [0.3, 0.4) is 0 Å². The second-order valence-electron chi connectivity index (χ2n) is 11.3. The summed E-state index contributed by atoms with van der Waals surface area (Å²) in [6.45, 7) is 0.796. The van der Waals surface area contributed by atoms with Crippen molar-refractivity contribution in [1.29, 1.82) is 0 Å². The quantitative estimate of drug-likeness (QED) is 0.543. The van der Waals surface area contributed by atoms with Crippen molar-refractivity contribution in [3.05, 3.63) is 59.8 Å². The van der Waals surface area contributed by atoms with Crippen LogP contribution < -0.4 is 0 Å². The van der Waals surface area contributed by atoms with Gasteiger partial charge in [0.2, 0.25) is 11.8 Å². The van der Waals surface area contributed by atoms with E-state index in [1.165, 1.54) is 31.4 Å². The van der Waals surface area contributed by atoms with Gasteiger partial charge in [-0.15, -0.1) is 0 Å². The third-order valence-corrected chi connectivity index (χ3v) is 8.61. The lowest BCUT2D eigenvalue weighted by Crippen LogP contribution is -2.56. The van der Waals surface area contributed by atoms with Crippen molar-refractivity contribution in [2.45, 2.75) is 70.5 Å². The van der Waals surface area contributed by atoms with Gasteiger partial charge in [0, 0.05) is 12.6 Å². The summed E-state index contributed by atoms with van der Waals surface area (Å²) in [5, 5.41) is 0. The van der Waals surface area contributed by atoms with Crippen LogP contribution in [0.2, 0.25) is 0 Å². The summed E-state index contributed by atoms with van der Waals surface area (Å²) in [6.07, 6.45) is 10.5. The molecule has 0 N–H and O–H groups in total. The fourth-order valence-electron chi connectivity index (χ4n) is 7.31. The Bertz CT molecular complexity index is 1010. The molecule has 0 saturated heterocycles. The maximum atomic E-state index is 14.0. The average molecular weight is 465 g/mol. The molecule has 34 heavy (non-hydrogen) atoms. The summed E-state index contributed by atoms with van der Waals surface area (Å²) in [7, 11) is 0. The number of halogens is 1. The minimum absolute atomic E-state index is 0.0781. The average Bonchev–Trinajstić information content (AvgIpc) is 3.52. The molecule has 4 bridgehead atoms. The lowest BCUT2D eigenvalue weighted by atomic mass is 9.49. The first kappa shape index (κ1) is 21.9. The first-order chi connectivity index (χ1) is 16.5. The molecule has 5 aliphatic carbocycles. The number of hydrogen-bond donors (Lipinski definition) is 0. The highest BCUT2D eigenvalue weighted by molar-refractivity contribution is 5.89. The van der Waals surface area contributed by atoms with Gasteiger partial charge in [-0.05, 0) is 98.9 Å². The van der Waals surface area contributed by atoms with Gasteiger partial charge in [-0.25, -0.2) is 4.39 Å². The van der Waals surface area contributed by atoms with Crippen LogP contribution in [0.1, 0.15) is 62.7 Å². The molecule has 0 unspecified atom stereocenters. The summed E-state index contributed by atoms with van der Waals surface area (Å²) in [4.78, 5) is 31.3. The molecule has 5 aliphatic rings. The van der Waals surface area contributed by atoms with Crippen molar-refractivity contribution >= 4 is 11.8 Å². The number of hydrogen-bond acceptors (Lipinski definition) is 3. The van der Waals surface area contributed by atoms with Crippen molar-refractivity contribution in [2.24, 2.45) is 23.2 Å². The number of furan rings is 1. The summed E-state index contributed by atoms with van der Waals surface area (Å²) < 4.78 is 18.9. The summed E-state index contributed by atoms with van der Waals surface area (Å²) in [6, 6.07) is 10.1. The number of carbonyl (C=O) groups excluding carboxylic acids is 2. The Balaban J connectivity index is 1.21. The van der Waals surface area contributed by atoms with Gasteiger partial charge in [0.25, 0.3) is 0 Å². The van der Waals surface area contributed by atoms with Crippen LogP contribution >= 0.6 is 0 Å². The number of benzene rings is 1. The third-order valence-electron chi connectivity index (χ3n) is 8.61. The van der Waals surface area contributed by atoms with Gasteiger partial charge in [-0.2, -0.15) is 0 Å². The molecule has 1 aromatic carbocycles. The Morgan fingerprint density at radius 3 is 2.15 bits per heavy atom. The van der Waals surface area contributed by atoms with Gasteiger partial charge in [0.1, 0.15) is 18.1 Å². The van der Waals surface area contributed by atoms with Gasteiger partial charge >= 0.3 is 0 Å². The van der Waals surface area contributed by atoms with E-state index >= 15 is 0 Å². The number of nitrogens with zero attached hydrogens (tertiary/aromatic N) is 2. The molecule has 5 nitrogen and oxygen atoms in total. The molecule has 7 rings (SSSR count). The summed E-state index contributed by atoms with van der Waals surface area (Å²) in [5.74, 6) is 2.64. The number of carbonyl (C=O) groups is 2. The Kier molecular flexibility index (Phi) is 5.50. The van der Waals surface area contributed by atoms with E-state index < -0.39 is 0 Å². The van der Waals surface area contributed by atoms with Crippen molar-refractivity contribution in [3.8, 4) is 0 Å². The van der Waals surface area contributed by atoms with Gasteiger partial charge < -0.3 is 14.2 Å². The largest absolute Gasteiger partial charge is 0.467 e. The standard InChI is InChI=1S/C28H33FN2O3/c29-23-5-3-19(4-6-23)16-30(17-25-2-1-9-34-25)26(32)18-31(24-7-8-24)27(33)28-13-20-10-21(14-28)12-22(11-20)15-28/h1-6,9,20-22,24H,7-8,10-18H2. The molecule has 0 radical (unpaired) electrons. The molecule has 6 heteroatoms. The van der Waals surface area contributed by atoms with Crippen LogP contribution in [0.5, 0.6) is 0 Å². The van der Waals surface area contributed by atoms with Gasteiger partial charge in [-0.1, -0.05) is 12.1 Å². The third kappa shape index (κ3) is 4.27. The van der Waals surface area contributed by atoms with Crippen molar-refractivity contribution in [1.82, 2.24) is 9.80 Å². The molecule has 5 fully saturated rings. The van der Waals surface area contributed by atoms with Crippen LogP contribution in [0.4, 0.5) is 4.39 Å². The van der Waals surface area contributed by atoms with Crippen LogP contribution in [0.15, 0.2) is 47.1 Å². The normalized spacial score (nSPS) is 29.3. The van der Waals surface area contributed by atoms with E-state index in [0.717, 1.165) is 37.7 Å². The van der Waals surface area contributed by atoms with Crippen LogP contribution in [-0.4, -0.2) is 34.2 Å². The van der Waals surface area contributed by atoms with Crippen LogP contribution in [0, 0.1) is 29.0 Å². The van der Waals surface area contributed by atoms with E-state index in [1.54, 1.807) is 23.3 Å². The molecule has 0 spiro atoms. The van der Waals surface area contributed by atoms with E-state index in [0.29, 0.717) is 36.6 Å². The summed E-state index contributed by atoms with van der Waals surface area (Å²) >= 11 is 0. The summed E-state index contributed by atoms with van der Waals surface area (Å²) in [5.41, 5.74) is 0.618. The van der Waals surface area contributed by atoms with Crippen molar-refractivity contribution in [3.63, 3.8) is 0 Å². The van der Waals surface area contributed by atoms with E-state index in [9.17, 15) is 14.0 Å². The Morgan fingerprint density at radius 1 is 0.941 bits per heavy atom. The minimum Gasteiger partial charge on any atom is -0.467 e. The van der Waals surface area contributed by atoms with Crippen molar-refractivity contribution < 1.29 is 18.4 Å². The second kappa shape index (κ2) is 8.54. The smallest absolute Gasteiger partial charge is 0.242 e. The highest BCUT2D eigenvalue weighted by atomic mass is 19.1. The van der Waals surface area contributed by atoms with Gasteiger partial charge in [0.15, 0.2) is 0 Å². The molecule has 2 aromatic rings. The topological polar surface area (TPSA) is 53.8 Å². The number of rotatable bonds is 8. The highest BCUT2D eigenvalue weighted by Gasteiger charge is 2.56. The maximum absolute atomic E-state index is 14.0. The van der Waals surface area contributed by atoms with Gasteiger partial charge in [0.05, 0.1) is 18.2 Å². The molecule has 0 aliphatic heterocycles. The second-order valence-corrected chi connectivity index (χ2v) is 11.3. The fourth-order valence-corrected chi connectivity index (χ4v) is 7.31. The van der Waals surface area contributed by atoms with E-state index in [-0.39, 0.29) is 35.6 Å². The predicted molar refractivity (Wildman–Crippen MR) is 125 cm³/mol. The predicted octanol–water partition coefficient (Wildman–Crippen LogP) is 5.15. The van der Waals surface area contributed by atoms with Crippen molar-refractivity contribution in [2.75, 3.05) is 6.54 Å². The van der Waals surface area contributed by atoms with E-state index in [4.69, 9.17) is 4.42 Å². The molecular weight excluding hydrogens is 431 g/mol. The van der Waals surface area contributed by atoms with Crippen LogP contribution in [0.25, 0.3) is 0 Å². The lowest BCUT2D eigenvalue weighted by molar-refractivity contribution is -0.161. The molecule has 5 saturated carbocycles. The zero-order chi connectivity index (χ0) is 23.3. The molecule has 1 aromatic heterocycles. The molecule has 1 heterocycles. The SMILES string of the molecule is O=C(CN(C(=O)C12CC3CC(CC(C3)C1)C2)C1CC1)N(Cc1ccc(F)cc1)Cc1ccco1.